The van der Waals surface area contributed by atoms with Crippen molar-refractivity contribution in [2.75, 3.05) is 17.7 Å². The van der Waals surface area contributed by atoms with Gasteiger partial charge in [-0.1, -0.05) is 6.07 Å². The van der Waals surface area contributed by atoms with Crippen LogP contribution in [-0.4, -0.2) is 22.5 Å². The monoisotopic (exact) mass is 258 g/mol. The largest absolute Gasteiger partial charge is 0.462 e. The zero-order valence-electron chi connectivity index (χ0n) is 10.5. The van der Waals surface area contributed by atoms with Crippen LogP contribution in [0.25, 0.3) is 0 Å². The Bertz CT molecular complexity index is 569. The molecule has 0 aliphatic heterocycles. The zero-order chi connectivity index (χ0) is 13.7. The molecule has 0 radical (unpaired) electrons. The van der Waals surface area contributed by atoms with E-state index in [9.17, 15) is 4.79 Å². The summed E-state index contributed by atoms with van der Waals surface area (Å²) in [5.41, 5.74) is 7.17. The molecule has 0 amide bonds. The normalized spacial score (nSPS) is 9.95. The van der Waals surface area contributed by atoms with Gasteiger partial charge < -0.3 is 15.8 Å². The summed E-state index contributed by atoms with van der Waals surface area (Å²) in [5, 5.41) is 2.98. The first-order valence-electron chi connectivity index (χ1n) is 5.81. The molecule has 0 atom stereocenters. The van der Waals surface area contributed by atoms with Crippen molar-refractivity contribution in [3.63, 3.8) is 0 Å². The number of nitrogens with zero attached hydrogens (tertiary/aromatic N) is 2. The van der Waals surface area contributed by atoms with Crippen LogP contribution in [0.3, 0.4) is 0 Å². The first-order chi connectivity index (χ1) is 9.19. The summed E-state index contributed by atoms with van der Waals surface area (Å²) in [7, 11) is 0. The van der Waals surface area contributed by atoms with E-state index >= 15 is 0 Å². The molecular weight excluding hydrogens is 244 g/mol. The molecule has 0 saturated carbocycles. The maximum atomic E-state index is 11.6. The van der Waals surface area contributed by atoms with Gasteiger partial charge in [-0.15, -0.1) is 0 Å². The number of rotatable bonds is 4. The molecule has 0 saturated heterocycles. The Morgan fingerprint density at radius 1 is 1.37 bits per heavy atom. The van der Waals surface area contributed by atoms with Crippen LogP contribution in [0.2, 0.25) is 0 Å². The number of esters is 1. The molecule has 2 aromatic rings. The highest BCUT2D eigenvalue weighted by Crippen LogP contribution is 2.15. The number of hydrogen-bond acceptors (Lipinski definition) is 6. The lowest BCUT2D eigenvalue weighted by Crippen LogP contribution is -2.05. The summed E-state index contributed by atoms with van der Waals surface area (Å²) < 4.78 is 4.93. The molecule has 98 valence electrons. The molecule has 2 rings (SSSR count). The second-order valence-corrected chi connectivity index (χ2v) is 3.77. The molecule has 1 aromatic heterocycles. The Kier molecular flexibility index (Phi) is 3.92. The molecule has 3 N–H and O–H groups in total. The predicted molar refractivity (Wildman–Crippen MR) is 72.1 cm³/mol. The van der Waals surface area contributed by atoms with E-state index in [1.807, 2.05) is 6.07 Å². The summed E-state index contributed by atoms with van der Waals surface area (Å²) in [5.74, 6) is 0.0552. The number of nitrogen functional groups attached to an aromatic ring is 1. The van der Waals surface area contributed by atoms with Crippen LogP contribution in [0.5, 0.6) is 0 Å². The fraction of sp³-hybridized carbons (Fsp3) is 0.154. The minimum atomic E-state index is -0.357. The molecule has 0 spiro atoms. The van der Waals surface area contributed by atoms with Crippen molar-refractivity contribution >= 4 is 23.3 Å². The summed E-state index contributed by atoms with van der Waals surface area (Å²) in [6.07, 6.45) is 3.01. The minimum absolute atomic E-state index is 0.345. The van der Waals surface area contributed by atoms with Gasteiger partial charge in [0.25, 0.3) is 0 Å². The highest BCUT2D eigenvalue weighted by molar-refractivity contribution is 5.90. The fourth-order valence-electron chi connectivity index (χ4n) is 1.47. The van der Waals surface area contributed by atoms with Crippen molar-refractivity contribution in [1.29, 1.82) is 0 Å². The molecule has 1 heterocycles. The molecule has 0 unspecified atom stereocenters. The summed E-state index contributed by atoms with van der Waals surface area (Å²) in [6, 6.07) is 6.93. The van der Waals surface area contributed by atoms with Gasteiger partial charge in [0.05, 0.1) is 30.3 Å². The average Bonchev–Trinajstić information content (AvgIpc) is 2.42. The van der Waals surface area contributed by atoms with Gasteiger partial charge in [-0.3, -0.25) is 0 Å². The summed E-state index contributed by atoms with van der Waals surface area (Å²) >= 11 is 0. The minimum Gasteiger partial charge on any atom is -0.462 e. The quantitative estimate of drug-likeness (QED) is 0.815. The lowest BCUT2D eigenvalue weighted by Gasteiger charge is -2.06. The van der Waals surface area contributed by atoms with Gasteiger partial charge in [0, 0.05) is 5.69 Å². The molecule has 19 heavy (non-hydrogen) atoms. The molecule has 0 aliphatic rings. The number of carbonyl (C=O) groups is 1. The second-order valence-electron chi connectivity index (χ2n) is 3.77. The summed E-state index contributed by atoms with van der Waals surface area (Å²) in [6.45, 7) is 2.11. The van der Waals surface area contributed by atoms with Crippen molar-refractivity contribution in [1.82, 2.24) is 9.97 Å². The van der Waals surface area contributed by atoms with E-state index in [0.717, 1.165) is 0 Å². The third-order valence-electron chi connectivity index (χ3n) is 2.30. The maximum absolute atomic E-state index is 11.6. The Morgan fingerprint density at radius 3 is 2.79 bits per heavy atom. The van der Waals surface area contributed by atoms with Crippen LogP contribution in [-0.2, 0) is 4.74 Å². The zero-order valence-corrected chi connectivity index (χ0v) is 10.5. The van der Waals surface area contributed by atoms with E-state index in [4.69, 9.17) is 10.5 Å². The fourth-order valence-corrected chi connectivity index (χ4v) is 1.47. The molecule has 6 nitrogen and oxygen atoms in total. The van der Waals surface area contributed by atoms with Crippen molar-refractivity contribution in [2.24, 2.45) is 0 Å². The number of carbonyl (C=O) groups excluding carboxylic acids is 1. The molecule has 1 aromatic carbocycles. The van der Waals surface area contributed by atoms with Gasteiger partial charge >= 0.3 is 5.97 Å². The second kappa shape index (κ2) is 5.81. The van der Waals surface area contributed by atoms with Crippen LogP contribution in [0.4, 0.5) is 17.3 Å². The average molecular weight is 258 g/mol. The van der Waals surface area contributed by atoms with E-state index in [1.165, 1.54) is 12.4 Å². The lowest BCUT2D eigenvalue weighted by atomic mass is 10.2. The third-order valence-corrected chi connectivity index (χ3v) is 2.30. The molecule has 0 aliphatic carbocycles. The number of anilines is 3. The van der Waals surface area contributed by atoms with Crippen LogP contribution in [0.15, 0.2) is 36.7 Å². The standard InChI is InChI=1S/C13H14N4O2/c1-2-19-12(18)9-4-3-5-11(6-9)17-13-15-7-10(14)8-16-13/h3-8H,2,14H2,1H3,(H,15,16,17). The van der Waals surface area contributed by atoms with Crippen molar-refractivity contribution in [3.8, 4) is 0 Å². The topological polar surface area (TPSA) is 90.1 Å². The SMILES string of the molecule is CCOC(=O)c1cccc(Nc2ncc(N)cn2)c1. The summed E-state index contributed by atoms with van der Waals surface area (Å²) in [4.78, 5) is 19.6. The number of ether oxygens (including phenoxy) is 1. The molecule has 6 heteroatoms. The van der Waals surface area contributed by atoms with Gasteiger partial charge in [-0.2, -0.15) is 0 Å². The van der Waals surface area contributed by atoms with Crippen LogP contribution in [0, 0.1) is 0 Å². The Balaban J connectivity index is 2.15. The number of nitrogens with two attached hydrogens (primary N) is 1. The number of aromatic nitrogens is 2. The van der Waals surface area contributed by atoms with Gasteiger partial charge in [0.2, 0.25) is 5.95 Å². The van der Waals surface area contributed by atoms with E-state index in [1.54, 1.807) is 25.1 Å². The Labute approximate surface area is 110 Å². The number of nitrogens with one attached hydrogen (secondary N) is 1. The lowest BCUT2D eigenvalue weighted by molar-refractivity contribution is 0.0526. The van der Waals surface area contributed by atoms with E-state index in [-0.39, 0.29) is 5.97 Å². The predicted octanol–water partition coefficient (Wildman–Crippen LogP) is 1.98. The number of benzene rings is 1. The van der Waals surface area contributed by atoms with E-state index in [2.05, 4.69) is 15.3 Å². The van der Waals surface area contributed by atoms with Crippen molar-refractivity contribution in [3.05, 3.63) is 42.2 Å². The number of hydrogen-bond donors (Lipinski definition) is 2. The Morgan fingerprint density at radius 2 is 2.11 bits per heavy atom. The van der Waals surface area contributed by atoms with Crippen molar-refractivity contribution in [2.45, 2.75) is 6.92 Å². The van der Waals surface area contributed by atoms with Gasteiger partial charge in [-0.05, 0) is 25.1 Å². The first-order valence-corrected chi connectivity index (χ1v) is 5.81. The van der Waals surface area contributed by atoms with Gasteiger partial charge in [0.1, 0.15) is 0 Å². The first kappa shape index (κ1) is 12.8. The van der Waals surface area contributed by atoms with Gasteiger partial charge in [-0.25, -0.2) is 14.8 Å². The van der Waals surface area contributed by atoms with Crippen LogP contribution >= 0.6 is 0 Å². The van der Waals surface area contributed by atoms with Crippen molar-refractivity contribution < 1.29 is 9.53 Å². The molecule has 0 fully saturated rings. The van der Waals surface area contributed by atoms with Crippen LogP contribution in [0.1, 0.15) is 17.3 Å². The smallest absolute Gasteiger partial charge is 0.338 e. The highest BCUT2D eigenvalue weighted by Gasteiger charge is 2.07. The highest BCUT2D eigenvalue weighted by atomic mass is 16.5. The van der Waals surface area contributed by atoms with Gasteiger partial charge in [0.15, 0.2) is 0 Å². The maximum Gasteiger partial charge on any atom is 0.338 e. The van der Waals surface area contributed by atoms with E-state index in [0.29, 0.717) is 29.5 Å². The molecule has 0 bridgehead atoms. The van der Waals surface area contributed by atoms with Crippen LogP contribution < -0.4 is 11.1 Å². The third kappa shape index (κ3) is 3.41. The Hall–Kier alpha value is -2.63. The molecular formula is C13H14N4O2. The van der Waals surface area contributed by atoms with E-state index < -0.39 is 0 Å².